The molecule has 1 N–H and O–H groups in total. The highest BCUT2D eigenvalue weighted by Crippen LogP contribution is 2.31. The van der Waals surface area contributed by atoms with Crippen molar-refractivity contribution in [2.45, 2.75) is 90.6 Å². The number of carboxylic acid groups (broad SMARTS) is 1. The molecule has 1 rings (SSSR count). The first-order chi connectivity index (χ1) is 10.6. The average Bonchev–Trinajstić information content (AvgIpc) is 2.76. The Balaban J connectivity index is 2.05. The molecule has 3 atom stereocenters. The summed E-state index contributed by atoms with van der Waals surface area (Å²) in [7, 11) is 0. The van der Waals surface area contributed by atoms with E-state index in [-0.39, 0.29) is 5.97 Å². The van der Waals surface area contributed by atoms with E-state index >= 15 is 0 Å². The van der Waals surface area contributed by atoms with Crippen LogP contribution in [-0.4, -0.2) is 23.1 Å². The van der Waals surface area contributed by atoms with Gasteiger partial charge in [-0.3, -0.25) is 9.59 Å². The van der Waals surface area contributed by atoms with Crippen molar-refractivity contribution in [1.29, 1.82) is 0 Å². The van der Waals surface area contributed by atoms with Crippen LogP contribution in [0.3, 0.4) is 0 Å². The molecule has 1 saturated heterocycles. The van der Waals surface area contributed by atoms with Gasteiger partial charge in [0.15, 0.2) is 0 Å². The summed E-state index contributed by atoms with van der Waals surface area (Å²) in [5.74, 6) is -2.43. The molecule has 22 heavy (non-hydrogen) atoms. The van der Waals surface area contributed by atoms with Crippen LogP contribution in [0.25, 0.3) is 0 Å². The number of aliphatic carboxylic acids is 1. The summed E-state index contributed by atoms with van der Waals surface area (Å²) in [5.41, 5.74) is 0. The second-order valence-electron chi connectivity index (χ2n) is 6.60. The summed E-state index contributed by atoms with van der Waals surface area (Å²) in [6.07, 6.45) is 12.8. The van der Waals surface area contributed by atoms with E-state index in [2.05, 4.69) is 6.92 Å². The molecule has 1 aliphatic heterocycles. The first-order valence-electron chi connectivity index (χ1n) is 9.01. The fraction of sp³-hybridized carbons (Fsp3) is 0.889. The predicted octanol–water partition coefficient (Wildman–Crippen LogP) is 4.56. The van der Waals surface area contributed by atoms with Gasteiger partial charge in [0.1, 0.15) is 12.0 Å². The van der Waals surface area contributed by atoms with Crippen LogP contribution in [-0.2, 0) is 14.3 Å². The number of carbonyl (C=O) groups excluding carboxylic acids is 1. The van der Waals surface area contributed by atoms with Crippen LogP contribution in [0.2, 0.25) is 0 Å². The van der Waals surface area contributed by atoms with Gasteiger partial charge in [0.2, 0.25) is 0 Å². The van der Waals surface area contributed by atoms with Crippen LogP contribution < -0.4 is 0 Å². The van der Waals surface area contributed by atoms with E-state index in [1.54, 1.807) is 6.92 Å². The van der Waals surface area contributed by atoms with Crippen LogP contribution in [0, 0.1) is 11.8 Å². The second kappa shape index (κ2) is 10.6. The van der Waals surface area contributed by atoms with Crippen LogP contribution in [0.15, 0.2) is 0 Å². The number of hydrogen-bond acceptors (Lipinski definition) is 3. The number of cyclic esters (lactones) is 1. The Morgan fingerprint density at radius 3 is 2.00 bits per heavy atom. The van der Waals surface area contributed by atoms with Crippen molar-refractivity contribution in [3.8, 4) is 0 Å². The molecule has 0 bridgehead atoms. The number of hydrogen-bond donors (Lipinski definition) is 1. The normalized spacial score (nSPS) is 24.5. The van der Waals surface area contributed by atoms with Crippen LogP contribution in [0.1, 0.15) is 84.5 Å². The smallest absolute Gasteiger partial charge is 0.311 e. The highest BCUT2D eigenvalue weighted by atomic mass is 16.6. The Morgan fingerprint density at radius 2 is 1.50 bits per heavy atom. The monoisotopic (exact) mass is 312 g/mol. The van der Waals surface area contributed by atoms with Gasteiger partial charge in [0.25, 0.3) is 0 Å². The molecular formula is C18H32O4. The Bertz CT molecular complexity index is 340. The molecule has 0 saturated carbocycles. The quantitative estimate of drug-likeness (QED) is 0.424. The lowest BCUT2D eigenvalue weighted by atomic mass is 9.89. The minimum atomic E-state index is -0.907. The van der Waals surface area contributed by atoms with E-state index in [0.29, 0.717) is 6.42 Å². The van der Waals surface area contributed by atoms with Gasteiger partial charge in [-0.15, -0.1) is 0 Å². The third-order valence-corrected chi connectivity index (χ3v) is 4.71. The first kappa shape index (κ1) is 19.0. The molecule has 3 unspecified atom stereocenters. The minimum Gasteiger partial charge on any atom is -0.481 e. The third kappa shape index (κ3) is 6.37. The van der Waals surface area contributed by atoms with Gasteiger partial charge in [-0.2, -0.15) is 0 Å². The van der Waals surface area contributed by atoms with Gasteiger partial charge < -0.3 is 9.84 Å². The molecule has 0 amide bonds. The lowest BCUT2D eigenvalue weighted by Crippen LogP contribution is -2.27. The average molecular weight is 312 g/mol. The van der Waals surface area contributed by atoms with Gasteiger partial charge in [0.05, 0.1) is 5.92 Å². The zero-order valence-electron chi connectivity index (χ0n) is 14.2. The maximum absolute atomic E-state index is 11.5. The van der Waals surface area contributed by atoms with E-state index in [9.17, 15) is 14.7 Å². The molecule has 0 aliphatic carbocycles. The molecule has 4 heteroatoms. The summed E-state index contributed by atoms with van der Waals surface area (Å²) in [6.45, 7) is 3.89. The summed E-state index contributed by atoms with van der Waals surface area (Å²) in [6, 6.07) is 0. The van der Waals surface area contributed by atoms with Gasteiger partial charge in [-0.25, -0.2) is 0 Å². The number of unbranched alkanes of at least 4 members (excludes halogenated alkanes) is 9. The summed E-state index contributed by atoms with van der Waals surface area (Å²) >= 11 is 0. The van der Waals surface area contributed by atoms with E-state index < -0.39 is 23.9 Å². The van der Waals surface area contributed by atoms with Crippen molar-refractivity contribution in [3.63, 3.8) is 0 Å². The molecule has 4 nitrogen and oxygen atoms in total. The Labute approximate surface area is 134 Å². The van der Waals surface area contributed by atoms with Crippen molar-refractivity contribution < 1.29 is 19.4 Å². The fourth-order valence-electron chi connectivity index (χ4n) is 3.24. The number of ether oxygens (including phenoxy) is 1. The molecule has 0 spiro atoms. The lowest BCUT2D eigenvalue weighted by Gasteiger charge is -2.15. The maximum Gasteiger partial charge on any atom is 0.311 e. The fourth-order valence-corrected chi connectivity index (χ4v) is 3.24. The standard InChI is InChI=1S/C18H32O4/c1-3-4-5-6-7-8-9-10-11-12-13-15-16(17(19)20)14(2)18(21)22-15/h14-16H,3-13H2,1-2H3,(H,19,20). The number of esters is 1. The summed E-state index contributed by atoms with van der Waals surface area (Å²) in [4.78, 5) is 22.7. The van der Waals surface area contributed by atoms with Crippen molar-refractivity contribution in [1.82, 2.24) is 0 Å². The highest BCUT2D eigenvalue weighted by Gasteiger charge is 2.45. The van der Waals surface area contributed by atoms with Crippen molar-refractivity contribution >= 4 is 11.9 Å². The SMILES string of the molecule is CCCCCCCCCCCCC1OC(=O)C(C)C1C(=O)O. The molecule has 1 heterocycles. The molecule has 0 aromatic rings. The highest BCUT2D eigenvalue weighted by molar-refractivity contribution is 5.84. The maximum atomic E-state index is 11.5. The van der Waals surface area contributed by atoms with Gasteiger partial charge in [-0.05, 0) is 12.8 Å². The minimum absolute atomic E-state index is 0.357. The Hall–Kier alpha value is -1.06. The first-order valence-corrected chi connectivity index (χ1v) is 9.01. The van der Waals surface area contributed by atoms with Gasteiger partial charge >= 0.3 is 11.9 Å². The van der Waals surface area contributed by atoms with Gasteiger partial charge in [0, 0.05) is 0 Å². The largest absolute Gasteiger partial charge is 0.481 e. The Morgan fingerprint density at radius 1 is 1.00 bits per heavy atom. The third-order valence-electron chi connectivity index (χ3n) is 4.71. The van der Waals surface area contributed by atoms with E-state index in [1.165, 1.54) is 51.4 Å². The molecule has 0 radical (unpaired) electrons. The Kier molecular flexibility index (Phi) is 9.17. The number of rotatable bonds is 12. The van der Waals surface area contributed by atoms with Crippen molar-refractivity contribution in [2.75, 3.05) is 0 Å². The molecule has 0 aromatic heterocycles. The van der Waals surface area contributed by atoms with E-state index in [0.717, 1.165) is 12.8 Å². The molecule has 1 aliphatic rings. The van der Waals surface area contributed by atoms with Crippen molar-refractivity contribution in [2.24, 2.45) is 11.8 Å². The zero-order chi connectivity index (χ0) is 16.4. The number of carboxylic acids is 1. The summed E-state index contributed by atoms with van der Waals surface area (Å²) < 4.78 is 5.21. The topological polar surface area (TPSA) is 63.6 Å². The second-order valence-corrected chi connectivity index (χ2v) is 6.60. The van der Waals surface area contributed by atoms with Crippen molar-refractivity contribution in [3.05, 3.63) is 0 Å². The van der Waals surface area contributed by atoms with Crippen LogP contribution in [0.4, 0.5) is 0 Å². The zero-order valence-corrected chi connectivity index (χ0v) is 14.2. The number of carbonyl (C=O) groups is 2. The van der Waals surface area contributed by atoms with Crippen LogP contribution in [0.5, 0.6) is 0 Å². The van der Waals surface area contributed by atoms with E-state index in [4.69, 9.17) is 4.74 Å². The predicted molar refractivity (Wildman–Crippen MR) is 86.6 cm³/mol. The summed E-state index contributed by atoms with van der Waals surface area (Å²) in [5, 5.41) is 9.20. The van der Waals surface area contributed by atoms with Gasteiger partial charge in [-0.1, -0.05) is 71.6 Å². The molecule has 128 valence electrons. The van der Waals surface area contributed by atoms with E-state index in [1.807, 2.05) is 0 Å². The molecule has 0 aromatic carbocycles. The molecule has 1 fully saturated rings. The lowest BCUT2D eigenvalue weighted by molar-refractivity contribution is -0.144. The van der Waals surface area contributed by atoms with Crippen LogP contribution >= 0.6 is 0 Å². The molecular weight excluding hydrogens is 280 g/mol.